The standard InChI is InChI=1S/C13H17NO6/c1-5-19-12(16)10-7(2)11(14-8(10)3)13(17)20-6-9(15)18-4/h14H,5-6H2,1-4H3. The Bertz CT molecular complexity index is 531. The summed E-state index contributed by atoms with van der Waals surface area (Å²) in [4.78, 5) is 37.3. The highest BCUT2D eigenvalue weighted by molar-refractivity contribution is 5.98. The molecular weight excluding hydrogens is 266 g/mol. The van der Waals surface area contributed by atoms with Crippen LogP contribution in [0.4, 0.5) is 0 Å². The van der Waals surface area contributed by atoms with E-state index in [1.807, 2.05) is 0 Å². The molecule has 0 atom stereocenters. The van der Waals surface area contributed by atoms with Crippen LogP contribution < -0.4 is 0 Å². The number of carbonyl (C=O) groups excluding carboxylic acids is 3. The smallest absolute Gasteiger partial charge is 0.355 e. The van der Waals surface area contributed by atoms with Crippen LogP contribution in [0.15, 0.2) is 0 Å². The molecule has 7 heteroatoms. The Morgan fingerprint density at radius 3 is 2.30 bits per heavy atom. The van der Waals surface area contributed by atoms with Crippen LogP contribution in [0.2, 0.25) is 0 Å². The minimum absolute atomic E-state index is 0.120. The summed E-state index contributed by atoms with van der Waals surface area (Å²) in [5.41, 5.74) is 1.35. The fourth-order valence-electron chi connectivity index (χ4n) is 1.72. The van der Waals surface area contributed by atoms with Gasteiger partial charge in [-0.15, -0.1) is 0 Å². The first-order valence-corrected chi connectivity index (χ1v) is 6.02. The maximum Gasteiger partial charge on any atom is 0.355 e. The maximum absolute atomic E-state index is 11.8. The number of hydrogen-bond donors (Lipinski definition) is 1. The van der Waals surface area contributed by atoms with Crippen molar-refractivity contribution in [3.05, 3.63) is 22.5 Å². The highest BCUT2D eigenvalue weighted by Gasteiger charge is 2.24. The largest absolute Gasteiger partial charge is 0.466 e. The summed E-state index contributed by atoms with van der Waals surface area (Å²) in [5.74, 6) is -1.90. The van der Waals surface area contributed by atoms with Crippen molar-refractivity contribution in [1.29, 1.82) is 0 Å². The molecule has 0 saturated heterocycles. The Morgan fingerprint density at radius 2 is 1.75 bits per heavy atom. The zero-order valence-corrected chi connectivity index (χ0v) is 11.9. The third-order valence-corrected chi connectivity index (χ3v) is 2.67. The third kappa shape index (κ3) is 3.37. The SMILES string of the molecule is CCOC(=O)c1c(C)[nH]c(C(=O)OCC(=O)OC)c1C. The quantitative estimate of drug-likeness (QED) is 0.643. The van der Waals surface area contributed by atoms with Crippen molar-refractivity contribution in [2.24, 2.45) is 0 Å². The van der Waals surface area contributed by atoms with Gasteiger partial charge in [0.1, 0.15) is 5.69 Å². The second-order valence-electron chi connectivity index (χ2n) is 4.00. The zero-order valence-electron chi connectivity index (χ0n) is 11.9. The normalized spacial score (nSPS) is 10.0. The van der Waals surface area contributed by atoms with Gasteiger partial charge in [0, 0.05) is 5.69 Å². The lowest BCUT2D eigenvalue weighted by Gasteiger charge is -2.03. The molecule has 0 amide bonds. The van der Waals surface area contributed by atoms with Crippen LogP contribution >= 0.6 is 0 Å². The molecule has 0 saturated carbocycles. The lowest BCUT2D eigenvalue weighted by molar-refractivity contribution is -0.144. The van der Waals surface area contributed by atoms with E-state index < -0.39 is 24.5 Å². The molecule has 110 valence electrons. The minimum atomic E-state index is -0.730. The summed E-state index contributed by atoms with van der Waals surface area (Å²) in [5, 5.41) is 0. The van der Waals surface area contributed by atoms with Gasteiger partial charge >= 0.3 is 17.9 Å². The van der Waals surface area contributed by atoms with Crippen molar-refractivity contribution in [3.8, 4) is 0 Å². The molecule has 0 fully saturated rings. The molecule has 1 heterocycles. The Balaban J connectivity index is 2.92. The van der Waals surface area contributed by atoms with Crippen LogP contribution in [0.25, 0.3) is 0 Å². The minimum Gasteiger partial charge on any atom is -0.466 e. The second kappa shape index (κ2) is 6.74. The fourth-order valence-corrected chi connectivity index (χ4v) is 1.72. The molecule has 0 aliphatic rings. The summed E-state index contributed by atoms with van der Waals surface area (Å²) in [6.07, 6.45) is 0. The van der Waals surface area contributed by atoms with Gasteiger partial charge in [-0.2, -0.15) is 0 Å². The highest BCUT2D eigenvalue weighted by atomic mass is 16.6. The number of carbonyl (C=O) groups is 3. The maximum atomic E-state index is 11.8. The Morgan fingerprint density at radius 1 is 1.10 bits per heavy atom. The number of aromatic amines is 1. The van der Waals surface area contributed by atoms with Gasteiger partial charge in [0.15, 0.2) is 6.61 Å². The fraction of sp³-hybridized carbons (Fsp3) is 0.462. The molecule has 0 spiro atoms. The number of H-pyrrole nitrogens is 1. The van der Waals surface area contributed by atoms with Crippen LogP contribution in [0.1, 0.15) is 39.0 Å². The second-order valence-corrected chi connectivity index (χ2v) is 4.00. The Hall–Kier alpha value is -2.31. The van der Waals surface area contributed by atoms with E-state index in [-0.39, 0.29) is 12.3 Å². The molecule has 20 heavy (non-hydrogen) atoms. The average Bonchev–Trinajstić information content (AvgIpc) is 2.71. The predicted octanol–water partition coefficient (Wildman–Crippen LogP) is 1.14. The zero-order chi connectivity index (χ0) is 15.3. The molecule has 0 aromatic carbocycles. The van der Waals surface area contributed by atoms with Crippen molar-refractivity contribution in [2.75, 3.05) is 20.3 Å². The van der Waals surface area contributed by atoms with E-state index in [2.05, 4.69) is 9.72 Å². The molecule has 7 nitrogen and oxygen atoms in total. The van der Waals surface area contributed by atoms with Crippen molar-refractivity contribution < 1.29 is 28.6 Å². The van der Waals surface area contributed by atoms with Gasteiger partial charge in [-0.1, -0.05) is 0 Å². The van der Waals surface area contributed by atoms with Gasteiger partial charge in [-0.3, -0.25) is 0 Å². The number of ether oxygens (including phenoxy) is 3. The first kappa shape index (κ1) is 15.7. The first-order valence-electron chi connectivity index (χ1n) is 6.02. The van der Waals surface area contributed by atoms with E-state index in [0.717, 1.165) is 0 Å². The van der Waals surface area contributed by atoms with Gasteiger partial charge in [-0.05, 0) is 26.3 Å². The van der Waals surface area contributed by atoms with E-state index in [0.29, 0.717) is 16.8 Å². The highest BCUT2D eigenvalue weighted by Crippen LogP contribution is 2.19. The van der Waals surface area contributed by atoms with Gasteiger partial charge in [0.25, 0.3) is 0 Å². The van der Waals surface area contributed by atoms with Gasteiger partial charge < -0.3 is 19.2 Å². The third-order valence-electron chi connectivity index (χ3n) is 2.67. The number of methoxy groups -OCH3 is 1. The molecule has 0 radical (unpaired) electrons. The Kier molecular flexibility index (Phi) is 5.31. The van der Waals surface area contributed by atoms with E-state index in [9.17, 15) is 14.4 Å². The number of aromatic nitrogens is 1. The molecule has 1 aromatic rings. The molecule has 0 aliphatic heterocycles. The molecular formula is C13H17NO6. The topological polar surface area (TPSA) is 94.7 Å². The number of esters is 3. The summed E-state index contributed by atoms with van der Waals surface area (Å²) < 4.78 is 14.1. The van der Waals surface area contributed by atoms with Crippen LogP contribution in [-0.4, -0.2) is 43.2 Å². The van der Waals surface area contributed by atoms with Crippen molar-refractivity contribution in [2.45, 2.75) is 20.8 Å². The first-order chi connectivity index (χ1) is 9.42. The number of rotatable bonds is 5. The van der Waals surface area contributed by atoms with Gasteiger partial charge in [0.05, 0.1) is 19.3 Å². The molecule has 0 unspecified atom stereocenters. The van der Waals surface area contributed by atoms with E-state index in [4.69, 9.17) is 9.47 Å². The van der Waals surface area contributed by atoms with E-state index in [1.54, 1.807) is 20.8 Å². The monoisotopic (exact) mass is 283 g/mol. The molecule has 1 N–H and O–H groups in total. The van der Waals surface area contributed by atoms with E-state index >= 15 is 0 Å². The van der Waals surface area contributed by atoms with Gasteiger partial charge in [0.2, 0.25) is 0 Å². The summed E-state index contributed by atoms with van der Waals surface area (Å²) in [7, 11) is 1.19. The summed E-state index contributed by atoms with van der Waals surface area (Å²) in [6.45, 7) is 4.70. The molecule has 0 bridgehead atoms. The lowest BCUT2D eigenvalue weighted by Crippen LogP contribution is -2.16. The molecule has 0 aliphatic carbocycles. The summed E-state index contributed by atoms with van der Waals surface area (Å²) in [6, 6.07) is 0. The van der Waals surface area contributed by atoms with Crippen molar-refractivity contribution in [3.63, 3.8) is 0 Å². The molecule has 1 rings (SSSR count). The van der Waals surface area contributed by atoms with E-state index in [1.165, 1.54) is 7.11 Å². The summed E-state index contributed by atoms with van der Waals surface area (Å²) >= 11 is 0. The Labute approximate surface area is 116 Å². The average molecular weight is 283 g/mol. The number of aryl methyl sites for hydroxylation is 1. The number of hydrogen-bond acceptors (Lipinski definition) is 6. The van der Waals surface area contributed by atoms with Crippen LogP contribution in [0, 0.1) is 13.8 Å². The van der Waals surface area contributed by atoms with Crippen LogP contribution in [0.5, 0.6) is 0 Å². The van der Waals surface area contributed by atoms with Crippen molar-refractivity contribution >= 4 is 17.9 Å². The van der Waals surface area contributed by atoms with Crippen molar-refractivity contribution in [1.82, 2.24) is 4.98 Å². The lowest BCUT2D eigenvalue weighted by atomic mass is 10.1. The van der Waals surface area contributed by atoms with Crippen LogP contribution in [0.3, 0.4) is 0 Å². The predicted molar refractivity (Wildman–Crippen MR) is 68.5 cm³/mol. The number of nitrogens with one attached hydrogen (secondary N) is 1. The molecule has 1 aromatic heterocycles. The van der Waals surface area contributed by atoms with Crippen LogP contribution in [-0.2, 0) is 19.0 Å². The van der Waals surface area contributed by atoms with Gasteiger partial charge in [-0.25, -0.2) is 14.4 Å².